The van der Waals surface area contributed by atoms with Crippen molar-refractivity contribution in [3.8, 4) is 11.8 Å². The van der Waals surface area contributed by atoms with E-state index >= 15 is 0 Å². The number of benzene rings is 1. The maximum absolute atomic E-state index is 10.6. The van der Waals surface area contributed by atoms with Crippen LogP contribution in [0.2, 0.25) is 0 Å². The highest BCUT2D eigenvalue weighted by Gasteiger charge is 2.01. The Hall–Kier alpha value is -1.76. The van der Waals surface area contributed by atoms with Gasteiger partial charge in [-0.25, -0.2) is 0 Å². The van der Waals surface area contributed by atoms with Crippen LogP contribution in [0.15, 0.2) is 24.3 Å². The first-order chi connectivity index (χ1) is 6.24. The highest BCUT2D eigenvalue weighted by Crippen LogP contribution is 2.15. The maximum Gasteiger partial charge on any atom is 0.167 e. The van der Waals surface area contributed by atoms with Crippen molar-refractivity contribution in [1.29, 1.82) is 5.26 Å². The zero-order chi connectivity index (χ0) is 9.68. The molecule has 0 N–H and O–H groups in total. The molecule has 0 unspecified atom stereocenters. The molecular formula is C10H9BNO2. The number of nitrogens with zero attached hydrogens (tertiary/aromatic N) is 1. The fraction of sp³-hybridized carbons (Fsp3) is 0.200. The van der Waals surface area contributed by atoms with Crippen LogP contribution in [0.3, 0.4) is 0 Å². The number of ether oxygens (including phenoxy) is 1. The van der Waals surface area contributed by atoms with Gasteiger partial charge in [0.1, 0.15) is 18.4 Å². The van der Waals surface area contributed by atoms with Gasteiger partial charge in [-0.1, -0.05) is 12.1 Å². The normalized spacial score (nSPS) is 8.29. The van der Waals surface area contributed by atoms with Crippen molar-refractivity contribution in [3.05, 3.63) is 29.8 Å². The van der Waals surface area contributed by atoms with Gasteiger partial charge in [0, 0.05) is 8.41 Å². The van der Waals surface area contributed by atoms with Crippen LogP contribution in [-0.4, -0.2) is 20.8 Å². The number of rotatable bonds is 3. The molecular weight excluding hydrogens is 177 g/mol. The molecule has 0 aromatic heterocycles. The third-order valence-corrected chi connectivity index (χ3v) is 1.44. The summed E-state index contributed by atoms with van der Waals surface area (Å²) in [7, 11) is 0. The summed E-state index contributed by atoms with van der Waals surface area (Å²) in [5, 5.41) is 8.67. The molecule has 3 nitrogen and oxygen atoms in total. The molecule has 0 saturated carbocycles. The SMILES string of the molecule is CC(=O)COc1ccccc1C#N.[B]. The average molecular weight is 186 g/mol. The lowest BCUT2D eigenvalue weighted by Crippen LogP contribution is -2.07. The van der Waals surface area contributed by atoms with Crippen LogP contribution in [0.4, 0.5) is 0 Å². The summed E-state index contributed by atoms with van der Waals surface area (Å²) in [5.41, 5.74) is 0.448. The monoisotopic (exact) mass is 186 g/mol. The molecule has 1 aromatic carbocycles. The van der Waals surface area contributed by atoms with Crippen molar-refractivity contribution in [2.45, 2.75) is 6.92 Å². The summed E-state index contributed by atoms with van der Waals surface area (Å²) in [6, 6.07) is 8.81. The molecule has 69 valence electrons. The molecule has 0 aliphatic rings. The minimum Gasteiger partial charge on any atom is -0.484 e. The minimum atomic E-state index is -0.0623. The third-order valence-electron chi connectivity index (χ3n) is 1.44. The van der Waals surface area contributed by atoms with Crippen LogP contribution in [0.25, 0.3) is 0 Å². The van der Waals surface area contributed by atoms with E-state index in [9.17, 15) is 4.79 Å². The molecule has 0 atom stereocenters. The summed E-state index contributed by atoms with van der Waals surface area (Å²) >= 11 is 0. The summed E-state index contributed by atoms with van der Waals surface area (Å²) in [6.45, 7) is 1.45. The summed E-state index contributed by atoms with van der Waals surface area (Å²) < 4.78 is 5.12. The Labute approximate surface area is 84.9 Å². The van der Waals surface area contributed by atoms with Gasteiger partial charge in [0.2, 0.25) is 0 Å². The number of ketones is 1. The van der Waals surface area contributed by atoms with Gasteiger partial charge in [0.05, 0.1) is 5.56 Å². The van der Waals surface area contributed by atoms with Gasteiger partial charge in [0.25, 0.3) is 0 Å². The number of carbonyl (C=O) groups is 1. The number of hydrogen-bond donors (Lipinski definition) is 0. The Balaban J connectivity index is 0.00000169. The highest BCUT2D eigenvalue weighted by atomic mass is 16.5. The highest BCUT2D eigenvalue weighted by molar-refractivity contribution is 5.77. The van der Waals surface area contributed by atoms with Gasteiger partial charge in [-0.3, -0.25) is 4.79 Å². The van der Waals surface area contributed by atoms with Gasteiger partial charge < -0.3 is 4.74 Å². The van der Waals surface area contributed by atoms with Crippen molar-refractivity contribution in [2.24, 2.45) is 0 Å². The fourth-order valence-corrected chi connectivity index (χ4v) is 0.864. The van der Waals surface area contributed by atoms with Crippen LogP contribution in [-0.2, 0) is 4.79 Å². The van der Waals surface area contributed by atoms with E-state index in [-0.39, 0.29) is 20.8 Å². The van der Waals surface area contributed by atoms with E-state index in [1.165, 1.54) is 6.92 Å². The Morgan fingerprint density at radius 2 is 2.14 bits per heavy atom. The van der Waals surface area contributed by atoms with Crippen LogP contribution in [0, 0.1) is 11.3 Å². The van der Waals surface area contributed by atoms with Crippen molar-refractivity contribution in [1.82, 2.24) is 0 Å². The molecule has 0 heterocycles. The van der Waals surface area contributed by atoms with Gasteiger partial charge >= 0.3 is 0 Å². The topological polar surface area (TPSA) is 50.1 Å². The quantitative estimate of drug-likeness (QED) is 0.665. The van der Waals surface area contributed by atoms with E-state index in [0.717, 1.165) is 0 Å². The maximum atomic E-state index is 10.6. The van der Waals surface area contributed by atoms with E-state index in [4.69, 9.17) is 10.00 Å². The molecule has 14 heavy (non-hydrogen) atoms. The van der Waals surface area contributed by atoms with Crippen molar-refractivity contribution in [2.75, 3.05) is 6.61 Å². The first-order valence-corrected chi connectivity index (χ1v) is 3.85. The van der Waals surface area contributed by atoms with E-state index in [0.29, 0.717) is 11.3 Å². The van der Waals surface area contributed by atoms with Crippen LogP contribution >= 0.6 is 0 Å². The summed E-state index contributed by atoms with van der Waals surface area (Å²) in [4.78, 5) is 10.6. The van der Waals surface area contributed by atoms with E-state index < -0.39 is 0 Å². The minimum absolute atomic E-state index is 0. The van der Waals surface area contributed by atoms with E-state index in [1.807, 2.05) is 6.07 Å². The Bertz CT molecular complexity index is 357. The second-order valence-corrected chi connectivity index (χ2v) is 2.60. The zero-order valence-electron chi connectivity index (χ0n) is 7.86. The fourth-order valence-electron chi connectivity index (χ4n) is 0.864. The van der Waals surface area contributed by atoms with Gasteiger partial charge in [-0.05, 0) is 19.1 Å². The predicted molar refractivity (Wildman–Crippen MR) is 53.1 cm³/mol. The Kier molecular flexibility index (Phi) is 5.09. The third kappa shape index (κ3) is 3.32. The molecule has 1 rings (SSSR count). The van der Waals surface area contributed by atoms with Gasteiger partial charge in [-0.15, -0.1) is 0 Å². The van der Waals surface area contributed by atoms with Crippen LogP contribution in [0.1, 0.15) is 12.5 Å². The average Bonchev–Trinajstić information content (AvgIpc) is 2.15. The first-order valence-electron chi connectivity index (χ1n) is 3.85. The summed E-state index contributed by atoms with van der Waals surface area (Å²) in [6.07, 6.45) is 0. The first kappa shape index (κ1) is 12.2. The zero-order valence-corrected chi connectivity index (χ0v) is 7.86. The molecule has 0 spiro atoms. The largest absolute Gasteiger partial charge is 0.484 e. The standard InChI is InChI=1S/C10H9NO2.B/c1-8(12)7-13-10-5-3-2-4-9(10)6-11;/h2-5H,7H2,1H3;. The summed E-state index contributed by atoms with van der Waals surface area (Å²) in [5.74, 6) is 0.396. The number of hydrogen-bond acceptors (Lipinski definition) is 3. The Morgan fingerprint density at radius 3 is 2.71 bits per heavy atom. The number of nitriles is 1. The number of Topliss-reactive ketones (excluding diaryl/α,β-unsaturated/α-hetero) is 1. The lowest BCUT2D eigenvalue weighted by atomic mass is 10.2. The van der Waals surface area contributed by atoms with Crippen molar-refractivity contribution >= 4 is 14.2 Å². The van der Waals surface area contributed by atoms with Crippen LogP contribution in [0.5, 0.6) is 5.75 Å². The molecule has 4 heteroatoms. The number of carbonyl (C=O) groups excluding carboxylic acids is 1. The van der Waals surface area contributed by atoms with Gasteiger partial charge in [-0.2, -0.15) is 5.26 Å². The molecule has 0 fully saturated rings. The van der Waals surface area contributed by atoms with Gasteiger partial charge in [0.15, 0.2) is 5.78 Å². The predicted octanol–water partition coefficient (Wildman–Crippen LogP) is 1.15. The second-order valence-electron chi connectivity index (χ2n) is 2.60. The van der Waals surface area contributed by atoms with E-state index in [2.05, 4.69) is 0 Å². The molecule has 3 radical (unpaired) electrons. The molecule has 1 aromatic rings. The molecule has 0 aliphatic heterocycles. The Morgan fingerprint density at radius 1 is 1.50 bits per heavy atom. The molecule has 0 saturated heterocycles. The van der Waals surface area contributed by atoms with Crippen LogP contribution < -0.4 is 4.74 Å². The van der Waals surface area contributed by atoms with E-state index in [1.54, 1.807) is 24.3 Å². The van der Waals surface area contributed by atoms with Crippen molar-refractivity contribution < 1.29 is 9.53 Å². The van der Waals surface area contributed by atoms with Crippen molar-refractivity contribution in [3.63, 3.8) is 0 Å². The smallest absolute Gasteiger partial charge is 0.167 e. The molecule has 0 amide bonds. The molecule has 0 bridgehead atoms. The second kappa shape index (κ2) is 5.82. The number of para-hydroxylation sites is 1. The lowest BCUT2D eigenvalue weighted by Gasteiger charge is -2.04. The lowest BCUT2D eigenvalue weighted by molar-refractivity contribution is -0.118. The molecule has 0 aliphatic carbocycles.